The molecule has 0 amide bonds. The minimum absolute atomic E-state index is 0.602. The summed E-state index contributed by atoms with van der Waals surface area (Å²) in [5.41, 5.74) is 2.44. The van der Waals surface area contributed by atoms with E-state index in [0.29, 0.717) is 12.1 Å². The summed E-state index contributed by atoms with van der Waals surface area (Å²) >= 11 is 8.59. The molecular formula is C15H10Br2N2OS. The van der Waals surface area contributed by atoms with Crippen molar-refractivity contribution in [3.8, 4) is 10.6 Å². The molecule has 0 aliphatic heterocycles. The molecule has 3 nitrogen and oxygen atoms in total. The highest BCUT2D eigenvalue weighted by Crippen LogP contribution is 2.34. The number of halogens is 2. The summed E-state index contributed by atoms with van der Waals surface area (Å²) in [6.07, 6.45) is 2.64. The number of nitrogens with zero attached hydrogens (tertiary/aromatic N) is 2. The SMILES string of the molecule is O=Cc1cn(Cc2ccccc2Br)nc1-c1sccc1Br. The maximum Gasteiger partial charge on any atom is 0.153 e. The van der Waals surface area contributed by atoms with Crippen LogP contribution in [0, 0.1) is 0 Å². The molecule has 6 heteroatoms. The van der Waals surface area contributed by atoms with Crippen LogP contribution in [0.25, 0.3) is 10.6 Å². The van der Waals surface area contributed by atoms with Crippen molar-refractivity contribution in [3.63, 3.8) is 0 Å². The molecule has 0 N–H and O–H groups in total. The van der Waals surface area contributed by atoms with E-state index in [4.69, 9.17) is 0 Å². The topological polar surface area (TPSA) is 34.9 Å². The lowest BCUT2D eigenvalue weighted by molar-refractivity contribution is 0.112. The molecule has 0 aliphatic carbocycles. The summed E-state index contributed by atoms with van der Waals surface area (Å²) in [6.45, 7) is 0.616. The van der Waals surface area contributed by atoms with E-state index in [0.717, 1.165) is 31.4 Å². The number of benzene rings is 1. The summed E-state index contributed by atoms with van der Waals surface area (Å²) in [4.78, 5) is 12.3. The molecule has 0 radical (unpaired) electrons. The Morgan fingerprint density at radius 3 is 2.67 bits per heavy atom. The van der Waals surface area contributed by atoms with Crippen molar-refractivity contribution in [3.05, 3.63) is 62.0 Å². The summed E-state index contributed by atoms with van der Waals surface area (Å²) in [6, 6.07) is 9.95. The molecule has 3 rings (SSSR count). The van der Waals surface area contributed by atoms with Gasteiger partial charge in [0.15, 0.2) is 6.29 Å². The van der Waals surface area contributed by atoms with Crippen LogP contribution in [0.3, 0.4) is 0 Å². The van der Waals surface area contributed by atoms with Crippen LogP contribution in [0.4, 0.5) is 0 Å². The maximum absolute atomic E-state index is 11.3. The number of hydrogen-bond acceptors (Lipinski definition) is 3. The Balaban J connectivity index is 1.99. The lowest BCUT2D eigenvalue weighted by Gasteiger charge is -2.04. The molecule has 2 aromatic heterocycles. The Hall–Kier alpha value is -1.24. The summed E-state index contributed by atoms with van der Waals surface area (Å²) in [5, 5.41) is 6.54. The van der Waals surface area contributed by atoms with Crippen molar-refractivity contribution in [1.29, 1.82) is 0 Å². The van der Waals surface area contributed by atoms with Gasteiger partial charge in [0.2, 0.25) is 0 Å². The van der Waals surface area contributed by atoms with Gasteiger partial charge in [-0.15, -0.1) is 11.3 Å². The van der Waals surface area contributed by atoms with Crippen molar-refractivity contribution in [2.75, 3.05) is 0 Å². The van der Waals surface area contributed by atoms with Crippen LogP contribution in [0.5, 0.6) is 0 Å². The summed E-state index contributed by atoms with van der Waals surface area (Å²) < 4.78 is 3.79. The molecule has 3 aromatic rings. The zero-order chi connectivity index (χ0) is 14.8. The van der Waals surface area contributed by atoms with E-state index in [1.165, 1.54) is 0 Å². The summed E-state index contributed by atoms with van der Waals surface area (Å²) in [5.74, 6) is 0. The van der Waals surface area contributed by atoms with E-state index < -0.39 is 0 Å². The van der Waals surface area contributed by atoms with Gasteiger partial charge in [-0.1, -0.05) is 34.1 Å². The van der Waals surface area contributed by atoms with Crippen molar-refractivity contribution in [2.24, 2.45) is 0 Å². The zero-order valence-electron chi connectivity index (χ0n) is 10.8. The predicted molar refractivity (Wildman–Crippen MR) is 91.9 cm³/mol. The Morgan fingerprint density at radius 1 is 1.19 bits per heavy atom. The van der Waals surface area contributed by atoms with Crippen LogP contribution in [-0.4, -0.2) is 16.1 Å². The van der Waals surface area contributed by atoms with Crippen molar-refractivity contribution in [1.82, 2.24) is 9.78 Å². The number of aromatic nitrogens is 2. The fraction of sp³-hybridized carbons (Fsp3) is 0.0667. The quantitative estimate of drug-likeness (QED) is 0.551. The second-order valence-corrected chi connectivity index (χ2v) is 7.06. The van der Waals surface area contributed by atoms with Gasteiger partial charge in [-0.3, -0.25) is 9.48 Å². The van der Waals surface area contributed by atoms with Gasteiger partial charge in [0.1, 0.15) is 5.69 Å². The van der Waals surface area contributed by atoms with Gasteiger partial charge in [0.25, 0.3) is 0 Å². The molecule has 0 spiro atoms. The number of hydrogen-bond donors (Lipinski definition) is 0. The first kappa shape index (κ1) is 14.7. The van der Waals surface area contributed by atoms with E-state index in [2.05, 4.69) is 37.0 Å². The highest BCUT2D eigenvalue weighted by Gasteiger charge is 2.15. The largest absolute Gasteiger partial charge is 0.298 e. The molecule has 106 valence electrons. The third-order valence-corrected chi connectivity index (χ3v) is 5.66. The van der Waals surface area contributed by atoms with Gasteiger partial charge in [0.05, 0.1) is 17.0 Å². The standard InChI is InChI=1S/C15H10Br2N2OS/c16-12-4-2-1-3-10(12)7-19-8-11(9-20)14(18-19)15-13(17)5-6-21-15/h1-6,8-9H,7H2. The molecule has 0 saturated carbocycles. The van der Waals surface area contributed by atoms with E-state index in [1.807, 2.05) is 35.7 Å². The average Bonchev–Trinajstić information content (AvgIpc) is 3.07. The molecule has 0 saturated heterocycles. The van der Waals surface area contributed by atoms with E-state index in [-0.39, 0.29) is 0 Å². The Kier molecular flexibility index (Phi) is 4.37. The van der Waals surface area contributed by atoms with Gasteiger partial charge < -0.3 is 0 Å². The van der Waals surface area contributed by atoms with Gasteiger partial charge in [0, 0.05) is 15.1 Å². The van der Waals surface area contributed by atoms with Gasteiger partial charge in [-0.2, -0.15) is 5.10 Å². The fourth-order valence-corrected chi connectivity index (χ4v) is 4.02. The Morgan fingerprint density at radius 2 is 2.00 bits per heavy atom. The molecule has 0 bridgehead atoms. The second-order valence-electron chi connectivity index (χ2n) is 4.44. The Labute approximate surface area is 142 Å². The van der Waals surface area contributed by atoms with Crippen molar-refractivity contribution >= 4 is 49.5 Å². The Bertz CT molecular complexity index is 795. The first-order valence-corrected chi connectivity index (χ1v) is 8.65. The monoisotopic (exact) mass is 424 g/mol. The van der Waals surface area contributed by atoms with Crippen LogP contribution < -0.4 is 0 Å². The first-order chi connectivity index (χ1) is 10.2. The highest BCUT2D eigenvalue weighted by atomic mass is 79.9. The maximum atomic E-state index is 11.3. The molecule has 2 heterocycles. The lowest BCUT2D eigenvalue weighted by Crippen LogP contribution is -2.00. The van der Waals surface area contributed by atoms with Crippen molar-refractivity contribution < 1.29 is 4.79 Å². The van der Waals surface area contributed by atoms with Gasteiger partial charge in [-0.05, 0) is 39.0 Å². The highest BCUT2D eigenvalue weighted by molar-refractivity contribution is 9.11. The van der Waals surface area contributed by atoms with Crippen LogP contribution in [0.15, 0.2) is 50.9 Å². The summed E-state index contributed by atoms with van der Waals surface area (Å²) in [7, 11) is 0. The third-order valence-electron chi connectivity index (χ3n) is 3.04. The average molecular weight is 426 g/mol. The normalized spacial score (nSPS) is 10.8. The lowest BCUT2D eigenvalue weighted by atomic mass is 10.2. The zero-order valence-corrected chi connectivity index (χ0v) is 14.8. The van der Waals surface area contributed by atoms with Crippen LogP contribution in [-0.2, 0) is 6.54 Å². The second kappa shape index (κ2) is 6.25. The molecular weight excluding hydrogens is 416 g/mol. The number of rotatable bonds is 4. The molecule has 0 fully saturated rings. The van der Waals surface area contributed by atoms with Crippen LogP contribution in [0.1, 0.15) is 15.9 Å². The number of aldehydes is 1. The molecule has 0 aliphatic rings. The van der Waals surface area contributed by atoms with Crippen LogP contribution in [0.2, 0.25) is 0 Å². The van der Waals surface area contributed by atoms with E-state index in [1.54, 1.807) is 22.2 Å². The van der Waals surface area contributed by atoms with E-state index in [9.17, 15) is 4.79 Å². The predicted octanol–water partition coefficient (Wildman–Crippen LogP) is 5.00. The molecule has 1 aromatic carbocycles. The number of thiophene rings is 1. The van der Waals surface area contributed by atoms with Crippen molar-refractivity contribution in [2.45, 2.75) is 6.54 Å². The minimum Gasteiger partial charge on any atom is -0.298 e. The van der Waals surface area contributed by atoms with E-state index >= 15 is 0 Å². The van der Waals surface area contributed by atoms with Gasteiger partial charge >= 0.3 is 0 Å². The molecule has 21 heavy (non-hydrogen) atoms. The number of carbonyl (C=O) groups is 1. The molecule has 0 atom stereocenters. The fourth-order valence-electron chi connectivity index (χ4n) is 2.04. The number of carbonyl (C=O) groups excluding carboxylic acids is 1. The van der Waals surface area contributed by atoms with Gasteiger partial charge in [-0.25, -0.2) is 0 Å². The third kappa shape index (κ3) is 3.02. The first-order valence-electron chi connectivity index (χ1n) is 6.18. The minimum atomic E-state index is 0.602. The van der Waals surface area contributed by atoms with Crippen LogP contribution >= 0.6 is 43.2 Å². The smallest absolute Gasteiger partial charge is 0.153 e. The molecule has 0 unspecified atom stereocenters.